The topological polar surface area (TPSA) is 107 Å². The summed E-state index contributed by atoms with van der Waals surface area (Å²) >= 11 is 1.18. The van der Waals surface area contributed by atoms with Gasteiger partial charge in [-0.2, -0.15) is 0 Å². The minimum atomic E-state index is -1.61. The zero-order valence-electron chi connectivity index (χ0n) is 8.11. The second-order valence-corrected chi connectivity index (χ2v) is 4.57. The van der Waals surface area contributed by atoms with Gasteiger partial charge in [0, 0.05) is 0 Å². The lowest BCUT2D eigenvalue weighted by molar-refractivity contribution is -0.209. The summed E-state index contributed by atoms with van der Waals surface area (Å²) < 4.78 is 4.99. The molecule has 0 radical (unpaired) electrons. The van der Waals surface area contributed by atoms with Gasteiger partial charge in [-0.15, -0.1) is 11.8 Å². The molecule has 0 aromatic rings. The van der Waals surface area contributed by atoms with Crippen molar-refractivity contribution in [3.63, 3.8) is 0 Å². The number of carbonyl (C=O) groups is 1. The van der Waals surface area contributed by atoms with Crippen LogP contribution in [-0.2, 0) is 9.53 Å². The molecular weight excluding hydrogens is 224 g/mol. The molecule has 4 N–H and O–H groups in total. The van der Waals surface area contributed by atoms with E-state index in [1.807, 2.05) is 6.92 Å². The van der Waals surface area contributed by atoms with Crippen molar-refractivity contribution in [2.24, 2.45) is 0 Å². The molecule has 0 aliphatic carbocycles. The number of carboxylic acid groups (broad SMARTS) is 1. The molecule has 5 atom stereocenters. The fraction of sp³-hybridized carbons (Fsp3) is 0.875. The largest absolute Gasteiger partial charge is 0.479 e. The summed E-state index contributed by atoms with van der Waals surface area (Å²) in [5, 5.41) is 36.9. The lowest BCUT2D eigenvalue weighted by Crippen LogP contribution is -2.58. The summed E-state index contributed by atoms with van der Waals surface area (Å²) in [6.45, 7) is 1.81. The van der Waals surface area contributed by atoms with Gasteiger partial charge < -0.3 is 25.2 Å². The number of hydrogen-bond donors (Lipinski definition) is 4. The number of ether oxygens (including phenoxy) is 1. The van der Waals surface area contributed by atoms with Crippen molar-refractivity contribution in [3.05, 3.63) is 0 Å². The highest BCUT2D eigenvalue weighted by Crippen LogP contribution is 2.28. The quantitative estimate of drug-likeness (QED) is 0.480. The average molecular weight is 238 g/mol. The van der Waals surface area contributed by atoms with Crippen molar-refractivity contribution in [1.29, 1.82) is 0 Å². The van der Waals surface area contributed by atoms with E-state index in [0.717, 1.165) is 0 Å². The molecule has 0 bridgehead atoms. The molecule has 15 heavy (non-hydrogen) atoms. The first-order chi connectivity index (χ1) is 6.99. The smallest absolute Gasteiger partial charge is 0.335 e. The Balaban J connectivity index is 2.75. The molecule has 1 rings (SSSR count). The Morgan fingerprint density at radius 3 is 2.33 bits per heavy atom. The predicted octanol–water partition coefficient (Wildman–Crippen LogP) is -1.37. The van der Waals surface area contributed by atoms with Crippen molar-refractivity contribution in [2.75, 3.05) is 5.75 Å². The molecular formula is C8H14O6S. The van der Waals surface area contributed by atoms with Crippen LogP contribution in [-0.4, -0.2) is 62.0 Å². The molecule has 0 aromatic carbocycles. The number of thioether (sulfide) groups is 1. The minimum Gasteiger partial charge on any atom is -0.479 e. The van der Waals surface area contributed by atoms with E-state index in [4.69, 9.17) is 9.84 Å². The molecule has 1 aliphatic heterocycles. The van der Waals surface area contributed by atoms with Crippen molar-refractivity contribution >= 4 is 17.7 Å². The molecule has 0 saturated carbocycles. The molecule has 0 spiro atoms. The molecule has 1 unspecified atom stereocenters. The summed E-state index contributed by atoms with van der Waals surface area (Å²) in [5.41, 5.74) is -0.825. The van der Waals surface area contributed by atoms with Gasteiger partial charge in [0.2, 0.25) is 0 Å². The summed E-state index contributed by atoms with van der Waals surface area (Å²) in [6, 6.07) is 0. The van der Waals surface area contributed by atoms with Gasteiger partial charge in [-0.1, -0.05) is 6.92 Å². The van der Waals surface area contributed by atoms with E-state index in [0.29, 0.717) is 5.75 Å². The normalized spacial score (nSPS) is 41.5. The zero-order valence-corrected chi connectivity index (χ0v) is 8.92. The van der Waals surface area contributed by atoms with Crippen LogP contribution in [0.4, 0.5) is 0 Å². The molecule has 1 fully saturated rings. The van der Waals surface area contributed by atoms with Gasteiger partial charge in [0.15, 0.2) is 6.10 Å². The van der Waals surface area contributed by atoms with Gasteiger partial charge in [0.05, 0.1) is 0 Å². The van der Waals surface area contributed by atoms with Gasteiger partial charge in [-0.25, -0.2) is 4.79 Å². The Bertz CT molecular complexity index is 235. The van der Waals surface area contributed by atoms with Crippen LogP contribution in [0.2, 0.25) is 0 Å². The minimum absolute atomic E-state index is 0.608. The van der Waals surface area contributed by atoms with E-state index in [1.165, 1.54) is 11.8 Å². The molecule has 1 aliphatic rings. The van der Waals surface area contributed by atoms with Crippen LogP contribution < -0.4 is 0 Å². The number of rotatable bonds is 3. The molecule has 0 aromatic heterocycles. The Hall–Kier alpha value is -0.340. The van der Waals surface area contributed by atoms with E-state index in [-0.39, 0.29) is 0 Å². The van der Waals surface area contributed by atoms with E-state index >= 15 is 0 Å². The van der Waals surface area contributed by atoms with Crippen LogP contribution in [0.15, 0.2) is 0 Å². The van der Waals surface area contributed by atoms with Crippen LogP contribution in [0.1, 0.15) is 6.92 Å². The van der Waals surface area contributed by atoms with Gasteiger partial charge in [0.25, 0.3) is 0 Å². The van der Waals surface area contributed by atoms with Crippen LogP contribution in [0, 0.1) is 0 Å². The molecule has 88 valence electrons. The third-order valence-corrected chi connectivity index (χ3v) is 3.20. The van der Waals surface area contributed by atoms with E-state index < -0.39 is 35.8 Å². The number of aliphatic hydroxyl groups excluding tert-OH is 3. The van der Waals surface area contributed by atoms with Crippen LogP contribution in [0.3, 0.4) is 0 Å². The van der Waals surface area contributed by atoms with Crippen molar-refractivity contribution < 1.29 is 30.0 Å². The third-order valence-electron chi connectivity index (χ3n) is 2.14. The first-order valence-electron chi connectivity index (χ1n) is 4.53. The number of hydrogen-bond acceptors (Lipinski definition) is 6. The summed E-state index contributed by atoms with van der Waals surface area (Å²) in [5.74, 6) is -0.744. The molecule has 1 heterocycles. The van der Waals surface area contributed by atoms with Gasteiger partial charge in [-0.3, -0.25) is 0 Å². The highest BCUT2D eigenvalue weighted by atomic mass is 32.2. The van der Waals surface area contributed by atoms with Crippen molar-refractivity contribution in [1.82, 2.24) is 0 Å². The highest BCUT2D eigenvalue weighted by Gasteiger charge is 2.46. The maximum absolute atomic E-state index is 10.7. The Kier molecular flexibility index (Phi) is 4.35. The monoisotopic (exact) mass is 238 g/mol. The number of aliphatic hydroxyl groups is 3. The lowest BCUT2D eigenvalue weighted by Gasteiger charge is -2.38. The average Bonchev–Trinajstić information content (AvgIpc) is 2.18. The highest BCUT2D eigenvalue weighted by molar-refractivity contribution is 7.99. The maximum atomic E-state index is 10.7. The summed E-state index contributed by atoms with van der Waals surface area (Å²) in [7, 11) is 0. The molecule has 6 nitrogen and oxygen atoms in total. The fourth-order valence-electron chi connectivity index (χ4n) is 1.35. The number of carboxylic acids is 1. The Morgan fingerprint density at radius 1 is 1.27 bits per heavy atom. The Morgan fingerprint density at radius 2 is 1.87 bits per heavy atom. The summed E-state index contributed by atoms with van der Waals surface area (Å²) in [6.07, 6.45) is -5.87. The van der Waals surface area contributed by atoms with Gasteiger partial charge in [-0.05, 0) is 5.75 Å². The second-order valence-electron chi connectivity index (χ2n) is 3.19. The zero-order chi connectivity index (χ0) is 11.6. The maximum Gasteiger partial charge on any atom is 0.335 e. The SMILES string of the molecule is CCS[C@@H]1OC(C(=O)O)[C@@H](O)[C@H](O)[C@@H]1O. The van der Waals surface area contributed by atoms with Crippen LogP contribution in [0.5, 0.6) is 0 Å². The van der Waals surface area contributed by atoms with Crippen molar-refractivity contribution in [2.45, 2.75) is 36.8 Å². The first kappa shape index (κ1) is 12.7. The van der Waals surface area contributed by atoms with E-state index in [2.05, 4.69) is 0 Å². The van der Waals surface area contributed by atoms with E-state index in [1.54, 1.807) is 0 Å². The second kappa shape index (κ2) is 5.13. The van der Waals surface area contributed by atoms with Gasteiger partial charge in [0.1, 0.15) is 23.7 Å². The van der Waals surface area contributed by atoms with E-state index in [9.17, 15) is 20.1 Å². The molecule has 0 amide bonds. The van der Waals surface area contributed by atoms with Crippen molar-refractivity contribution in [3.8, 4) is 0 Å². The third kappa shape index (κ3) is 2.61. The van der Waals surface area contributed by atoms with Crippen LogP contribution in [0.25, 0.3) is 0 Å². The van der Waals surface area contributed by atoms with Crippen LogP contribution >= 0.6 is 11.8 Å². The molecule has 7 heteroatoms. The fourth-order valence-corrected chi connectivity index (χ4v) is 2.24. The lowest BCUT2D eigenvalue weighted by atomic mass is 10.0. The Labute approximate surface area is 90.9 Å². The summed E-state index contributed by atoms with van der Waals surface area (Å²) in [4.78, 5) is 10.7. The number of aliphatic carboxylic acids is 1. The van der Waals surface area contributed by atoms with Gasteiger partial charge >= 0.3 is 5.97 Å². The first-order valence-corrected chi connectivity index (χ1v) is 5.58. The molecule has 1 saturated heterocycles. The predicted molar refractivity (Wildman–Crippen MR) is 52.4 cm³/mol. The standard InChI is InChI=1S/C8H14O6S/c1-2-15-8-5(11)3(9)4(10)6(14-8)7(12)13/h3-6,8-11H,2H2,1H3,(H,12,13)/t3-,4-,5-,6?,8-/m0/s1.